The molecule has 2 aromatic carbocycles. The second-order valence-electron chi connectivity index (χ2n) is 4.72. The van der Waals surface area contributed by atoms with E-state index >= 15 is 0 Å². The third kappa shape index (κ3) is 1.89. The van der Waals surface area contributed by atoms with E-state index < -0.39 is 0 Å². The first-order valence-corrected chi connectivity index (χ1v) is 7.00. The average Bonchev–Trinajstić information content (AvgIpc) is 2.47. The Hall–Kier alpha value is -2.10. The average molecular weight is 316 g/mol. The molecule has 0 saturated carbocycles. The number of fused-ring (bicyclic) bond motifs is 4. The van der Waals surface area contributed by atoms with Crippen molar-refractivity contribution < 1.29 is 4.42 Å². The van der Waals surface area contributed by atoms with Crippen molar-refractivity contribution >= 4 is 45.1 Å². The van der Waals surface area contributed by atoms with Gasteiger partial charge in [0.25, 0.3) is 0 Å². The van der Waals surface area contributed by atoms with Gasteiger partial charge in [-0.3, -0.25) is 4.79 Å². The van der Waals surface area contributed by atoms with Crippen LogP contribution in [0.5, 0.6) is 0 Å². The third-order valence-electron chi connectivity index (χ3n) is 3.38. The summed E-state index contributed by atoms with van der Waals surface area (Å²) in [5, 5.41) is 2.22. The summed E-state index contributed by atoms with van der Waals surface area (Å²) in [6, 6.07) is 12.0. The smallest absolute Gasteiger partial charge is 0.190 e. The normalized spacial score (nSPS) is 11.5. The van der Waals surface area contributed by atoms with Crippen LogP contribution in [0.4, 0.5) is 0 Å². The van der Waals surface area contributed by atoms with Gasteiger partial charge in [-0.1, -0.05) is 47.5 Å². The zero-order valence-corrected chi connectivity index (χ0v) is 12.1. The van der Waals surface area contributed by atoms with E-state index in [1.165, 1.54) is 6.07 Å². The van der Waals surface area contributed by atoms with Gasteiger partial charge >= 0.3 is 0 Å². The molecule has 0 aromatic heterocycles. The van der Waals surface area contributed by atoms with Gasteiger partial charge in [-0.15, -0.1) is 0 Å². The Labute approximate surface area is 129 Å². The number of rotatable bonds is 0. The lowest BCUT2D eigenvalue weighted by molar-refractivity contribution is 0.614. The summed E-state index contributed by atoms with van der Waals surface area (Å²) in [7, 11) is 0. The Morgan fingerprint density at radius 2 is 1.76 bits per heavy atom. The molecule has 0 fully saturated rings. The fourth-order valence-electron chi connectivity index (χ4n) is 2.46. The predicted molar refractivity (Wildman–Crippen MR) is 84.4 cm³/mol. The summed E-state index contributed by atoms with van der Waals surface area (Å²) in [6.45, 7) is 0. The van der Waals surface area contributed by atoms with E-state index in [1.807, 2.05) is 18.2 Å². The van der Waals surface area contributed by atoms with E-state index in [-0.39, 0.29) is 5.43 Å². The van der Waals surface area contributed by atoms with Crippen LogP contribution in [0.15, 0.2) is 51.7 Å². The second kappa shape index (κ2) is 4.45. The number of halogens is 2. The molecular weight excluding hydrogens is 309 g/mol. The Morgan fingerprint density at radius 3 is 2.57 bits per heavy atom. The molecule has 0 N–H and O–H groups in total. The van der Waals surface area contributed by atoms with Gasteiger partial charge in [-0.05, 0) is 12.1 Å². The van der Waals surface area contributed by atoms with Gasteiger partial charge in [0, 0.05) is 21.9 Å². The van der Waals surface area contributed by atoms with Crippen molar-refractivity contribution in [2.24, 2.45) is 0 Å². The van der Waals surface area contributed by atoms with Crippen LogP contribution in [0.25, 0.3) is 33.3 Å². The molecule has 1 heterocycles. The van der Waals surface area contributed by atoms with E-state index in [0.717, 1.165) is 5.39 Å². The molecule has 2 aliphatic rings. The van der Waals surface area contributed by atoms with Gasteiger partial charge < -0.3 is 4.42 Å². The van der Waals surface area contributed by atoms with E-state index in [1.54, 1.807) is 18.2 Å². The predicted octanol–water partition coefficient (Wildman–Crippen LogP) is 4.75. The summed E-state index contributed by atoms with van der Waals surface area (Å²) in [4.78, 5) is 16.7. The van der Waals surface area contributed by atoms with Gasteiger partial charge in [0.2, 0.25) is 0 Å². The third-order valence-corrected chi connectivity index (χ3v) is 3.88. The molecule has 0 saturated heterocycles. The maximum absolute atomic E-state index is 12.1. The van der Waals surface area contributed by atoms with Gasteiger partial charge in [-0.25, -0.2) is 4.98 Å². The molecule has 3 nitrogen and oxygen atoms in total. The number of aromatic nitrogens is 1. The van der Waals surface area contributed by atoms with Crippen LogP contribution in [0.1, 0.15) is 0 Å². The summed E-state index contributed by atoms with van der Waals surface area (Å²) < 4.78 is 5.77. The van der Waals surface area contributed by atoms with E-state index in [0.29, 0.717) is 38.0 Å². The summed E-state index contributed by atoms with van der Waals surface area (Å²) >= 11 is 12.1. The van der Waals surface area contributed by atoms with Crippen molar-refractivity contribution in [2.45, 2.75) is 0 Å². The van der Waals surface area contributed by atoms with Crippen molar-refractivity contribution in [1.29, 1.82) is 0 Å². The molecule has 2 aromatic rings. The van der Waals surface area contributed by atoms with Crippen molar-refractivity contribution in [1.82, 2.24) is 4.98 Å². The number of hydrogen-bond donors (Lipinski definition) is 0. The first-order valence-electron chi connectivity index (χ1n) is 6.25. The zero-order chi connectivity index (χ0) is 14.6. The van der Waals surface area contributed by atoms with Crippen molar-refractivity contribution in [3.05, 3.63) is 62.7 Å². The minimum atomic E-state index is -0.104. The summed E-state index contributed by atoms with van der Waals surface area (Å²) in [6.07, 6.45) is 0. The topological polar surface area (TPSA) is 43.1 Å². The van der Waals surface area contributed by atoms with Crippen LogP contribution in [0.3, 0.4) is 0 Å². The highest BCUT2D eigenvalue weighted by Gasteiger charge is 2.16. The second-order valence-corrected chi connectivity index (χ2v) is 5.56. The Kier molecular flexibility index (Phi) is 2.67. The van der Waals surface area contributed by atoms with Gasteiger partial charge in [0.15, 0.2) is 16.8 Å². The van der Waals surface area contributed by atoms with Crippen LogP contribution in [0, 0.1) is 0 Å². The molecule has 0 unspecified atom stereocenters. The molecule has 4 rings (SSSR count). The standard InChI is InChI=1S/C16H7Cl2NO2/c17-8-5-11(18)16-12(6-8)19-15-10-4-2-1-3-9(10)13(20)7-14(15)21-16/h1-7H. The summed E-state index contributed by atoms with van der Waals surface area (Å²) in [5.41, 5.74) is 1.50. The largest absolute Gasteiger partial charge is 0.451 e. The van der Waals surface area contributed by atoms with Crippen molar-refractivity contribution in [3.8, 4) is 11.5 Å². The molecule has 0 atom stereocenters. The lowest BCUT2D eigenvalue weighted by Gasteiger charge is -2.10. The van der Waals surface area contributed by atoms with Crippen LogP contribution in [-0.4, -0.2) is 4.98 Å². The minimum absolute atomic E-state index is 0.104. The van der Waals surface area contributed by atoms with E-state index in [4.69, 9.17) is 27.6 Å². The molecule has 0 spiro atoms. The lowest BCUT2D eigenvalue weighted by Crippen LogP contribution is -2.03. The highest BCUT2D eigenvalue weighted by molar-refractivity contribution is 6.38. The lowest BCUT2D eigenvalue weighted by atomic mass is 10.0. The van der Waals surface area contributed by atoms with E-state index in [9.17, 15) is 4.79 Å². The quantitative estimate of drug-likeness (QED) is 0.347. The van der Waals surface area contributed by atoms with Crippen molar-refractivity contribution in [3.63, 3.8) is 0 Å². The van der Waals surface area contributed by atoms with Crippen LogP contribution < -0.4 is 5.43 Å². The van der Waals surface area contributed by atoms with Gasteiger partial charge in [0.05, 0.1) is 5.02 Å². The molecule has 0 amide bonds. The fourth-order valence-corrected chi connectivity index (χ4v) is 2.98. The Balaban J connectivity index is 2.27. The molecule has 1 aliphatic heterocycles. The molecule has 102 valence electrons. The number of benzene rings is 3. The van der Waals surface area contributed by atoms with Gasteiger partial charge in [0.1, 0.15) is 11.2 Å². The molecule has 1 aliphatic carbocycles. The fraction of sp³-hybridized carbons (Fsp3) is 0. The van der Waals surface area contributed by atoms with Crippen molar-refractivity contribution in [2.75, 3.05) is 0 Å². The van der Waals surface area contributed by atoms with Crippen LogP contribution in [0.2, 0.25) is 10.0 Å². The number of nitrogens with zero attached hydrogens (tertiary/aromatic N) is 1. The zero-order valence-electron chi connectivity index (χ0n) is 10.6. The SMILES string of the molecule is O=c1cc2oc3c(Cl)cc(Cl)cc3nc-2c2ccccc12. The van der Waals surface area contributed by atoms with E-state index in [2.05, 4.69) is 4.98 Å². The highest BCUT2D eigenvalue weighted by atomic mass is 35.5. The van der Waals surface area contributed by atoms with Crippen LogP contribution in [-0.2, 0) is 0 Å². The minimum Gasteiger partial charge on any atom is -0.451 e. The maximum atomic E-state index is 12.1. The monoisotopic (exact) mass is 315 g/mol. The highest BCUT2D eigenvalue weighted by Crippen LogP contribution is 2.34. The van der Waals surface area contributed by atoms with Crippen LogP contribution >= 0.6 is 23.2 Å². The first-order chi connectivity index (χ1) is 10.1. The maximum Gasteiger partial charge on any atom is 0.190 e. The Bertz CT molecular complexity index is 1040. The molecular formula is C16H7Cl2NO2. The molecule has 0 radical (unpaired) electrons. The number of hydrogen-bond acceptors (Lipinski definition) is 3. The first kappa shape index (κ1) is 12.6. The summed E-state index contributed by atoms with van der Waals surface area (Å²) in [5.74, 6) is 0.412. The molecule has 21 heavy (non-hydrogen) atoms. The molecule has 5 heteroatoms. The van der Waals surface area contributed by atoms with Gasteiger partial charge in [-0.2, -0.15) is 0 Å². The Morgan fingerprint density at radius 1 is 1.00 bits per heavy atom. The molecule has 0 bridgehead atoms.